The van der Waals surface area contributed by atoms with Crippen LogP contribution in [-0.4, -0.2) is 21.2 Å². The van der Waals surface area contributed by atoms with Crippen LogP contribution in [0.4, 0.5) is 0 Å². The zero-order chi connectivity index (χ0) is 17.3. The summed E-state index contributed by atoms with van der Waals surface area (Å²) in [5, 5.41) is 0. The number of ether oxygens (including phenoxy) is 2. The topological polar surface area (TPSA) is 44.8 Å². The molecule has 0 bridgehead atoms. The van der Waals surface area contributed by atoms with Crippen LogP contribution in [0.25, 0.3) is 0 Å². The van der Waals surface area contributed by atoms with Crippen molar-refractivity contribution in [3.63, 3.8) is 0 Å². The summed E-state index contributed by atoms with van der Waals surface area (Å²) in [6.07, 6.45) is 0.0313. The van der Waals surface area contributed by atoms with Crippen LogP contribution in [0.2, 0.25) is 19.6 Å². The maximum absolute atomic E-state index is 12.8. The summed E-state index contributed by atoms with van der Waals surface area (Å²) in [5.41, 5.74) is 1.53. The van der Waals surface area contributed by atoms with Gasteiger partial charge in [0.25, 0.3) is 0 Å². The van der Waals surface area contributed by atoms with E-state index in [1.54, 1.807) is 19.2 Å². The molecule has 1 heterocycles. The molecule has 1 atom stereocenters. The summed E-state index contributed by atoms with van der Waals surface area (Å²) < 4.78 is 17.6. The van der Waals surface area contributed by atoms with E-state index in [4.69, 9.17) is 13.9 Å². The van der Waals surface area contributed by atoms with Gasteiger partial charge in [0.05, 0.1) is 13.5 Å². The lowest BCUT2D eigenvalue weighted by Gasteiger charge is -2.29. The first-order chi connectivity index (χ1) is 11.4. The van der Waals surface area contributed by atoms with Crippen LogP contribution in [-0.2, 0) is 0 Å². The smallest absolute Gasteiger partial charge is 0.242 e. The Labute approximate surface area is 143 Å². The average molecular weight is 342 g/mol. The van der Waals surface area contributed by atoms with Gasteiger partial charge in [-0.15, -0.1) is 0 Å². The Morgan fingerprint density at radius 1 is 1.12 bits per heavy atom. The Morgan fingerprint density at radius 3 is 2.46 bits per heavy atom. The summed E-state index contributed by atoms with van der Waals surface area (Å²) in [4.78, 5) is 12.8. The fourth-order valence-corrected chi connectivity index (χ4v) is 3.60. The molecule has 1 aliphatic heterocycles. The van der Waals surface area contributed by atoms with E-state index in [1.807, 2.05) is 30.3 Å². The van der Waals surface area contributed by atoms with Crippen molar-refractivity contribution in [3.8, 4) is 17.2 Å². The van der Waals surface area contributed by atoms with Gasteiger partial charge in [-0.2, -0.15) is 0 Å². The second-order valence-electron chi connectivity index (χ2n) is 6.86. The predicted molar refractivity (Wildman–Crippen MR) is 95.7 cm³/mol. The fourth-order valence-electron chi connectivity index (χ4n) is 2.78. The Balaban J connectivity index is 2.03. The molecule has 24 heavy (non-hydrogen) atoms. The average Bonchev–Trinajstić information content (AvgIpc) is 2.53. The van der Waals surface area contributed by atoms with E-state index in [0.717, 1.165) is 5.56 Å². The van der Waals surface area contributed by atoms with E-state index >= 15 is 0 Å². The van der Waals surface area contributed by atoms with Gasteiger partial charge < -0.3 is 13.9 Å². The van der Waals surface area contributed by atoms with Gasteiger partial charge in [0.1, 0.15) is 28.9 Å². The van der Waals surface area contributed by atoms with E-state index in [0.29, 0.717) is 29.2 Å². The largest absolute Gasteiger partial charge is 0.544 e. The van der Waals surface area contributed by atoms with Gasteiger partial charge in [0.2, 0.25) is 8.32 Å². The molecule has 2 aromatic carbocycles. The quantitative estimate of drug-likeness (QED) is 0.761. The standard InChI is InChI=1S/C19H22O4Si/c1-21-14-10-17-19(18(11-14)23-24(2,3)4)15(20)12-16(22-17)13-8-6-5-7-9-13/h5-11,16H,12H2,1-4H3. The maximum atomic E-state index is 12.8. The van der Waals surface area contributed by atoms with E-state index in [1.165, 1.54) is 0 Å². The molecule has 1 unspecified atom stereocenters. The Hall–Kier alpha value is -2.27. The van der Waals surface area contributed by atoms with E-state index in [-0.39, 0.29) is 11.9 Å². The number of methoxy groups -OCH3 is 1. The molecule has 0 spiro atoms. The maximum Gasteiger partial charge on any atom is 0.242 e. The van der Waals surface area contributed by atoms with E-state index in [9.17, 15) is 4.79 Å². The van der Waals surface area contributed by atoms with Crippen molar-refractivity contribution in [3.05, 3.63) is 53.6 Å². The third-order valence-electron chi connectivity index (χ3n) is 3.78. The number of carbonyl (C=O) groups excluding carboxylic acids is 1. The van der Waals surface area contributed by atoms with Gasteiger partial charge in [-0.3, -0.25) is 4.79 Å². The number of carbonyl (C=O) groups is 1. The molecular weight excluding hydrogens is 320 g/mol. The summed E-state index contributed by atoms with van der Waals surface area (Å²) in [6.45, 7) is 6.25. The summed E-state index contributed by atoms with van der Waals surface area (Å²) in [6, 6.07) is 13.3. The molecular formula is C19H22O4Si. The van der Waals surface area contributed by atoms with E-state index in [2.05, 4.69) is 19.6 Å². The van der Waals surface area contributed by atoms with Crippen LogP contribution < -0.4 is 13.9 Å². The van der Waals surface area contributed by atoms with Crippen LogP contribution in [0.3, 0.4) is 0 Å². The molecule has 0 aromatic heterocycles. The number of hydrogen-bond donors (Lipinski definition) is 0. The minimum Gasteiger partial charge on any atom is -0.544 e. The lowest BCUT2D eigenvalue weighted by Crippen LogP contribution is -2.31. The molecule has 4 nitrogen and oxygen atoms in total. The number of benzene rings is 2. The molecule has 0 radical (unpaired) electrons. The Morgan fingerprint density at radius 2 is 1.83 bits per heavy atom. The number of hydrogen-bond acceptors (Lipinski definition) is 4. The van der Waals surface area contributed by atoms with Gasteiger partial charge >= 0.3 is 0 Å². The number of fused-ring (bicyclic) bond motifs is 1. The minimum absolute atomic E-state index is 0.0426. The van der Waals surface area contributed by atoms with Crippen molar-refractivity contribution in [2.45, 2.75) is 32.2 Å². The van der Waals surface area contributed by atoms with Crippen molar-refractivity contribution in [1.29, 1.82) is 0 Å². The van der Waals surface area contributed by atoms with Crippen molar-refractivity contribution in [1.82, 2.24) is 0 Å². The van der Waals surface area contributed by atoms with Crippen LogP contribution in [0.1, 0.15) is 28.4 Å². The number of ketones is 1. The predicted octanol–water partition coefficient (Wildman–Crippen LogP) is 4.62. The first-order valence-electron chi connectivity index (χ1n) is 8.03. The van der Waals surface area contributed by atoms with E-state index < -0.39 is 8.32 Å². The first-order valence-corrected chi connectivity index (χ1v) is 11.4. The van der Waals surface area contributed by atoms with Crippen molar-refractivity contribution in [2.24, 2.45) is 0 Å². The second kappa shape index (κ2) is 6.32. The van der Waals surface area contributed by atoms with Crippen LogP contribution >= 0.6 is 0 Å². The normalized spacial score (nSPS) is 17.0. The summed E-state index contributed by atoms with van der Waals surface area (Å²) in [5.74, 6) is 1.78. The minimum atomic E-state index is -1.87. The molecule has 5 heteroatoms. The number of Topliss-reactive ketones (excluding diaryl/α,β-unsaturated/α-hetero) is 1. The van der Waals surface area contributed by atoms with Gasteiger partial charge in [-0.1, -0.05) is 30.3 Å². The van der Waals surface area contributed by atoms with Crippen LogP contribution in [0, 0.1) is 0 Å². The molecule has 0 fully saturated rings. The summed E-state index contributed by atoms with van der Waals surface area (Å²) in [7, 11) is -0.270. The third-order valence-corrected chi connectivity index (χ3v) is 4.61. The fraction of sp³-hybridized carbons (Fsp3) is 0.316. The van der Waals surface area contributed by atoms with Gasteiger partial charge in [-0.25, -0.2) is 0 Å². The van der Waals surface area contributed by atoms with Gasteiger partial charge in [-0.05, 0) is 25.2 Å². The Bertz CT molecular complexity index is 750. The first kappa shape index (κ1) is 16.6. The van der Waals surface area contributed by atoms with Crippen LogP contribution in [0.5, 0.6) is 17.2 Å². The van der Waals surface area contributed by atoms with Crippen molar-refractivity contribution >= 4 is 14.1 Å². The third kappa shape index (κ3) is 3.46. The van der Waals surface area contributed by atoms with Gasteiger partial charge in [0, 0.05) is 12.1 Å². The zero-order valence-corrected chi connectivity index (χ0v) is 15.5. The van der Waals surface area contributed by atoms with Gasteiger partial charge in [0.15, 0.2) is 5.78 Å². The lowest BCUT2D eigenvalue weighted by molar-refractivity contribution is 0.0846. The molecule has 0 saturated heterocycles. The molecule has 126 valence electrons. The molecule has 0 N–H and O–H groups in total. The zero-order valence-electron chi connectivity index (χ0n) is 14.5. The SMILES string of the molecule is COc1cc2c(c(O[Si](C)(C)C)c1)C(=O)CC(c1ccccc1)O2. The highest BCUT2D eigenvalue weighted by atomic mass is 28.4. The molecule has 0 saturated carbocycles. The van der Waals surface area contributed by atoms with Crippen LogP contribution in [0.15, 0.2) is 42.5 Å². The molecule has 3 rings (SSSR count). The highest BCUT2D eigenvalue weighted by Crippen LogP contribution is 2.43. The highest BCUT2D eigenvalue weighted by Gasteiger charge is 2.32. The molecule has 0 amide bonds. The summed E-state index contributed by atoms with van der Waals surface area (Å²) >= 11 is 0. The molecule has 1 aliphatic rings. The monoisotopic (exact) mass is 342 g/mol. The molecule has 2 aromatic rings. The van der Waals surface area contributed by atoms with Crippen molar-refractivity contribution in [2.75, 3.05) is 7.11 Å². The molecule has 0 aliphatic carbocycles. The number of rotatable bonds is 4. The lowest BCUT2D eigenvalue weighted by atomic mass is 9.95. The highest BCUT2D eigenvalue weighted by molar-refractivity contribution is 6.70. The Kier molecular flexibility index (Phi) is 4.37. The second-order valence-corrected chi connectivity index (χ2v) is 11.3. The van der Waals surface area contributed by atoms with Crippen molar-refractivity contribution < 1.29 is 18.7 Å².